The number of hydrogen-bond acceptors (Lipinski definition) is 5. The first-order valence-electron chi connectivity index (χ1n) is 7.56. The van der Waals surface area contributed by atoms with Gasteiger partial charge in [-0.3, -0.25) is 9.88 Å². The Morgan fingerprint density at radius 3 is 2.96 bits per heavy atom. The monoisotopic (exact) mass is 324 g/mol. The van der Waals surface area contributed by atoms with Gasteiger partial charge in [0.2, 0.25) is 0 Å². The Kier molecular flexibility index (Phi) is 3.77. The zero-order valence-corrected chi connectivity index (χ0v) is 13.3. The first-order valence-corrected chi connectivity index (χ1v) is 7.97. The lowest BCUT2D eigenvalue weighted by molar-refractivity contribution is 0.242. The van der Waals surface area contributed by atoms with E-state index in [0.29, 0.717) is 4.77 Å². The van der Waals surface area contributed by atoms with E-state index in [1.807, 2.05) is 30.6 Å². The smallest absolute Gasteiger partial charge is 0.196 e. The Labute approximate surface area is 139 Å². The van der Waals surface area contributed by atoms with Crippen molar-refractivity contribution in [2.45, 2.75) is 19.5 Å². The van der Waals surface area contributed by atoms with Crippen LogP contribution in [0.3, 0.4) is 0 Å². The van der Waals surface area contributed by atoms with Gasteiger partial charge in [0.05, 0.1) is 6.26 Å². The maximum Gasteiger partial charge on any atom is 0.196 e. The van der Waals surface area contributed by atoms with Crippen LogP contribution in [0.1, 0.15) is 16.8 Å². The summed E-state index contributed by atoms with van der Waals surface area (Å²) >= 11 is 5.08. The maximum atomic E-state index is 5.37. The number of aromatic amines is 1. The number of hydrogen-bond donors (Lipinski definition) is 1. The standard InChI is InChI=1S/C17H16N4OS/c23-17-19-9-13-11-21(6-5-14(13)20-17)10-12-3-4-15(18-8-12)16-2-1-7-22-16/h1-4,7-9H,5-6,10-11H2,(H,19,20,23). The molecule has 4 heterocycles. The van der Waals surface area contributed by atoms with Crippen molar-refractivity contribution in [3.63, 3.8) is 0 Å². The van der Waals surface area contributed by atoms with Crippen molar-refractivity contribution in [2.75, 3.05) is 6.54 Å². The molecule has 0 atom stereocenters. The van der Waals surface area contributed by atoms with E-state index in [2.05, 4.69) is 25.9 Å². The molecule has 4 rings (SSSR count). The number of furan rings is 1. The van der Waals surface area contributed by atoms with Gasteiger partial charge in [-0.1, -0.05) is 6.07 Å². The van der Waals surface area contributed by atoms with Crippen molar-refractivity contribution < 1.29 is 4.42 Å². The number of nitrogens with one attached hydrogen (secondary N) is 1. The highest BCUT2D eigenvalue weighted by Crippen LogP contribution is 2.20. The van der Waals surface area contributed by atoms with E-state index in [0.717, 1.165) is 37.5 Å². The van der Waals surface area contributed by atoms with Gasteiger partial charge in [0.25, 0.3) is 0 Å². The zero-order chi connectivity index (χ0) is 15.6. The Balaban J connectivity index is 1.46. The van der Waals surface area contributed by atoms with E-state index in [9.17, 15) is 0 Å². The molecule has 0 amide bonds. The number of fused-ring (bicyclic) bond motifs is 1. The quantitative estimate of drug-likeness (QED) is 0.749. The summed E-state index contributed by atoms with van der Waals surface area (Å²) in [6.07, 6.45) is 6.44. The number of rotatable bonds is 3. The average molecular weight is 324 g/mol. The van der Waals surface area contributed by atoms with Crippen molar-refractivity contribution >= 4 is 12.2 Å². The third-order valence-electron chi connectivity index (χ3n) is 4.06. The fraction of sp³-hybridized carbons (Fsp3) is 0.235. The van der Waals surface area contributed by atoms with Crippen LogP contribution in [0.25, 0.3) is 11.5 Å². The molecule has 1 aliphatic rings. The fourth-order valence-electron chi connectivity index (χ4n) is 2.89. The Hall–Kier alpha value is -2.31. The summed E-state index contributed by atoms with van der Waals surface area (Å²) in [5.74, 6) is 0.796. The molecule has 0 saturated carbocycles. The van der Waals surface area contributed by atoms with Crippen LogP contribution in [0.5, 0.6) is 0 Å². The minimum absolute atomic E-state index is 0.565. The largest absolute Gasteiger partial charge is 0.463 e. The fourth-order valence-corrected chi connectivity index (χ4v) is 3.06. The molecule has 1 N–H and O–H groups in total. The molecule has 0 saturated heterocycles. The highest BCUT2D eigenvalue weighted by atomic mass is 32.1. The lowest BCUT2D eigenvalue weighted by Crippen LogP contribution is -2.30. The third-order valence-corrected chi connectivity index (χ3v) is 4.27. The summed E-state index contributed by atoms with van der Waals surface area (Å²) < 4.78 is 5.93. The summed E-state index contributed by atoms with van der Waals surface area (Å²) in [7, 11) is 0. The molecule has 0 aliphatic carbocycles. The molecular weight excluding hydrogens is 308 g/mol. The van der Waals surface area contributed by atoms with Crippen LogP contribution in [0, 0.1) is 4.77 Å². The van der Waals surface area contributed by atoms with Crippen LogP contribution in [0.4, 0.5) is 0 Å². The van der Waals surface area contributed by atoms with Gasteiger partial charge < -0.3 is 9.40 Å². The first kappa shape index (κ1) is 14.3. The number of nitrogens with zero attached hydrogens (tertiary/aromatic N) is 3. The molecule has 1 aliphatic heterocycles. The van der Waals surface area contributed by atoms with Crippen molar-refractivity contribution in [3.8, 4) is 11.5 Å². The van der Waals surface area contributed by atoms with E-state index in [4.69, 9.17) is 16.6 Å². The van der Waals surface area contributed by atoms with Crippen molar-refractivity contribution in [2.24, 2.45) is 0 Å². The molecule has 0 unspecified atom stereocenters. The molecule has 0 bridgehead atoms. The Morgan fingerprint density at radius 1 is 1.22 bits per heavy atom. The summed E-state index contributed by atoms with van der Waals surface area (Å²) in [5, 5.41) is 0. The van der Waals surface area contributed by atoms with Gasteiger partial charge in [-0.15, -0.1) is 0 Å². The van der Waals surface area contributed by atoms with Crippen LogP contribution in [-0.4, -0.2) is 26.4 Å². The van der Waals surface area contributed by atoms with Crippen molar-refractivity contribution in [3.05, 3.63) is 64.5 Å². The normalized spacial score (nSPS) is 14.6. The van der Waals surface area contributed by atoms with E-state index in [-0.39, 0.29) is 0 Å². The molecule has 3 aromatic rings. The second-order valence-electron chi connectivity index (χ2n) is 5.68. The predicted molar refractivity (Wildman–Crippen MR) is 89.2 cm³/mol. The van der Waals surface area contributed by atoms with Gasteiger partial charge in [0.15, 0.2) is 10.5 Å². The van der Waals surface area contributed by atoms with Crippen LogP contribution in [0.2, 0.25) is 0 Å². The Morgan fingerprint density at radius 2 is 2.17 bits per heavy atom. The molecule has 116 valence electrons. The molecule has 0 spiro atoms. The van der Waals surface area contributed by atoms with Gasteiger partial charge >= 0.3 is 0 Å². The minimum atomic E-state index is 0.565. The summed E-state index contributed by atoms with van der Waals surface area (Å²) in [6.45, 7) is 2.76. The van der Waals surface area contributed by atoms with Crippen LogP contribution in [-0.2, 0) is 19.5 Å². The average Bonchev–Trinajstić information content (AvgIpc) is 3.10. The van der Waals surface area contributed by atoms with Gasteiger partial charge in [0.1, 0.15) is 5.69 Å². The van der Waals surface area contributed by atoms with E-state index < -0.39 is 0 Å². The molecule has 0 fully saturated rings. The lowest BCUT2D eigenvalue weighted by atomic mass is 10.1. The molecule has 0 aromatic carbocycles. The van der Waals surface area contributed by atoms with Crippen molar-refractivity contribution in [1.29, 1.82) is 0 Å². The second kappa shape index (κ2) is 6.06. The summed E-state index contributed by atoms with van der Waals surface area (Å²) in [4.78, 5) is 14.3. The summed E-state index contributed by atoms with van der Waals surface area (Å²) in [6, 6.07) is 7.90. The van der Waals surface area contributed by atoms with Crippen LogP contribution in [0.15, 0.2) is 47.3 Å². The van der Waals surface area contributed by atoms with Gasteiger partial charge in [-0.05, 0) is 36.0 Å². The van der Waals surface area contributed by atoms with Gasteiger partial charge in [-0.25, -0.2) is 4.98 Å². The zero-order valence-electron chi connectivity index (χ0n) is 12.5. The molecule has 3 aromatic heterocycles. The van der Waals surface area contributed by atoms with Gasteiger partial charge in [0, 0.05) is 49.7 Å². The lowest BCUT2D eigenvalue weighted by Gasteiger charge is -2.28. The van der Waals surface area contributed by atoms with Gasteiger partial charge in [-0.2, -0.15) is 0 Å². The third kappa shape index (κ3) is 3.09. The highest BCUT2D eigenvalue weighted by Gasteiger charge is 2.17. The maximum absolute atomic E-state index is 5.37. The summed E-state index contributed by atoms with van der Waals surface area (Å²) in [5.41, 5.74) is 4.50. The molecule has 23 heavy (non-hydrogen) atoms. The number of pyridine rings is 1. The molecular formula is C17H16N4OS. The molecule has 5 nitrogen and oxygen atoms in total. The number of H-pyrrole nitrogens is 1. The predicted octanol–water partition coefficient (Wildman–Crippen LogP) is 3.35. The SMILES string of the molecule is S=c1ncc2c([nH]1)CCN(Cc1ccc(-c3ccco3)nc1)C2. The number of aromatic nitrogens is 3. The topological polar surface area (TPSA) is 58.0 Å². The Bertz CT molecular complexity index is 855. The highest BCUT2D eigenvalue weighted by molar-refractivity contribution is 7.71. The van der Waals surface area contributed by atoms with Crippen LogP contribution >= 0.6 is 12.2 Å². The molecule has 0 radical (unpaired) electrons. The minimum Gasteiger partial charge on any atom is -0.463 e. The van der Waals surface area contributed by atoms with Crippen LogP contribution < -0.4 is 0 Å². The second-order valence-corrected chi connectivity index (χ2v) is 6.07. The van der Waals surface area contributed by atoms with E-state index in [1.165, 1.54) is 16.8 Å². The van der Waals surface area contributed by atoms with E-state index >= 15 is 0 Å². The van der Waals surface area contributed by atoms with Crippen molar-refractivity contribution in [1.82, 2.24) is 19.9 Å². The first-order chi connectivity index (χ1) is 11.3. The van der Waals surface area contributed by atoms with E-state index in [1.54, 1.807) is 6.26 Å². The molecule has 6 heteroatoms.